The molecule has 0 fully saturated rings. The van der Waals surface area contributed by atoms with Crippen molar-refractivity contribution in [1.82, 2.24) is 4.98 Å². The van der Waals surface area contributed by atoms with E-state index in [1.165, 1.54) is 30.6 Å². The molecule has 1 amide bonds. The van der Waals surface area contributed by atoms with E-state index in [1.54, 1.807) is 42.8 Å². The molecule has 0 saturated carbocycles. The lowest BCUT2D eigenvalue weighted by molar-refractivity contribution is -0.384. The highest BCUT2D eigenvalue weighted by atomic mass is 32.1. The number of hydrogen-bond acceptors (Lipinski definition) is 7. The van der Waals surface area contributed by atoms with Gasteiger partial charge >= 0.3 is 0 Å². The second kappa shape index (κ2) is 8.49. The van der Waals surface area contributed by atoms with Crippen LogP contribution in [0.4, 0.5) is 10.8 Å². The second-order valence-corrected chi connectivity index (χ2v) is 6.62. The number of ether oxygens (including phenoxy) is 2. The number of hydrogen-bond donors (Lipinski definition) is 1. The summed E-state index contributed by atoms with van der Waals surface area (Å²) >= 11 is 1.25. The van der Waals surface area contributed by atoms with Gasteiger partial charge in [-0.3, -0.25) is 14.9 Å². The Labute approximate surface area is 164 Å². The van der Waals surface area contributed by atoms with Gasteiger partial charge in [-0.25, -0.2) is 4.98 Å². The van der Waals surface area contributed by atoms with E-state index in [1.807, 2.05) is 0 Å². The number of carbonyl (C=O) groups is 1. The van der Waals surface area contributed by atoms with Gasteiger partial charge in [0.05, 0.1) is 31.3 Å². The zero-order valence-electron chi connectivity index (χ0n) is 15.2. The smallest absolute Gasteiger partial charge is 0.270 e. The predicted octanol–water partition coefficient (Wildman–Crippen LogP) is 3.92. The lowest BCUT2D eigenvalue weighted by Gasteiger charge is -2.09. The molecule has 9 heteroatoms. The fourth-order valence-corrected chi connectivity index (χ4v) is 3.32. The molecule has 0 spiro atoms. The number of thiazole rings is 1. The van der Waals surface area contributed by atoms with Gasteiger partial charge in [0.25, 0.3) is 5.69 Å². The van der Waals surface area contributed by atoms with Crippen molar-refractivity contribution in [2.24, 2.45) is 0 Å². The summed E-state index contributed by atoms with van der Waals surface area (Å²) in [5, 5.41) is 15.8. The van der Waals surface area contributed by atoms with Gasteiger partial charge in [-0.15, -0.1) is 11.3 Å². The lowest BCUT2D eigenvalue weighted by atomic mass is 10.1. The number of amides is 1. The van der Waals surface area contributed by atoms with E-state index in [4.69, 9.17) is 9.47 Å². The first-order valence-electron chi connectivity index (χ1n) is 8.21. The Kier molecular flexibility index (Phi) is 5.85. The maximum Gasteiger partial charge on any atom is 0.270 e. The van der Waals surface area contributed by atoms with Gasteiger partial charge in [0, 0.05) is 23.1 Å². The molecule has 0 unspecified atom stereocenters. The van der Waals surface area contributed by atoms with Gasteiger partial charge < -0.3 is 14.8 Å². The molecule has 1 aromatic heterocycles. The number of methoxy groups -OCH3 is 2. The molecule has 0 bridgehead atoms. The zero-order chi connectivity index (χ0) is 20.1. The van der Waals surface area contributed by atoms with Crippen LogP contribution in [0.15, 0.2) is 47.8 Å². The van der Waals surface area contributed by atoms with Crippen LogP contribution < -0.4 is 14.8 Å². The standard InChI is InChI=1S/C19H17N3O5S/c1-26-16-7-6-12(8-17(16)27-2)9-18(23)21-19-20-15(11-28-19)13-4-3-5-14(10-13)22(24)25/h3-8,10-11H,9H2,1-2H3,(H,20,21,23). The molecule has 8 nitrogen and oxygen atoms in total. The first-order chi connectivity index (χ1) is 13.5. The van der Waals surface area contributed by atoms with Crippen LogP contribution in [0.25, 0.3) is 11.3 Å². The van der Waals surface area contributed by atoms with E-state index in [0.717, 1.165) is 5.56 Å². The van der Waals surface area contributed by atoms with Crippen molar-refractivity contribution in [3.8, 4) is 22.8 Å². The highest BCUT2D eigenvalue weighted by Crippen LogP contribution is 2.29. The molecule has 0 aliphatic heterocycles. The minimum absolute atomic E-state index is 0.00969. The summed E-state index contributed by atoms with van der Waals surface area (Å²) in [5.41, 5.74) is 1.94. The Morgan fingerprint density at radius 2 is 1.96 bits per heavy atom. The van der Waals surface area contributed by atoms with E-state index in [9.17, 15) is 14.9 Å². The third kappa shape index (κ3) is 4.44. The van der Waals surface area contributed by atoms with Crippen molar-refractivity contribution in [1.29, 1.82) is 0 Å². The lowest BCUT2D eigenvalue weighted by Crippen LogP contribution is -2.14. The van der Waals surface area contributed by atoms with Crippen LogP contribution in [0.2, 0.25) is 0 Å². The topological polar surface area (TPSA) is 104 Å². The van der Waals surface area contributed by atoms with Crippen molar-refractivity contribution >= 4 is 28.1 Å². The Morgan fingerprint density at radius 1 is 1.18 bits per heavy atom. The Balaban J connectivity index is 1.69. The average molecular weight is 399 g/mol. The molecular formula is C19H17N3O5S. The Bertz CT molecular complexity index is 1020. The molecule has 144 valence electrons. The molecule has 1 N–H and O–H groups in total. The first kappa shape index (κ1) is 19.3. The van der Waals surface area contributed by atoms with Crippen LogP contribution in [0, 0.1) is 10.1 Å². The fourth-order valence-electron chi connectivity index (χ4n) is 2.58. The first-order valence-corrected chi connectivity index (χ1v) is 9.09. The number of nitro groups is 1. The average Bonchev–Trinajstić information content (AvgIpc) is 3.16. The number of aromatic nitrogens is 1. The largest absolute Gasteiger partial charge is 0.493 e. The zero-order valence-corrected chi connectivity index (χ0v) is 16.0. The maximum absolute atomic E-state index is 12.3. The molecule has 28 heavy (non-hydrogen) atoms. The van der Waals surface area contributed by atoms with Crippen molar-refractivity contribution < 1.29 is 19.2 Å². The molecule has 2 aromatic carbocycles. The molecule has 3 aromatic rings. The van der Waals surface area contributed by atoms with Crippen molar-refractivity contribution in [3.63, 3.8) is 0 Å². The second-order valence-electron chi connectivity index (χ2n) is 5.76. The van der Waals surface area contributed by atoms with Crippen molar-refractivity contribution in [3.05, 3.63) is 63.5 Å². The van der Waals surface area contributed by atoms with Crippen LogP contribution in [0.3, 0.4) is 0 Å². The van der Waals surface area contributed by atoms with Crippen LogP contribution in [0.1, 0.15) is 5.56 Å². The van der Waals surface area contributed by atoms with Crippen LogP contribution in [-0.2, 0) is 11.2 Å². The van der Waals surface area contributed by atoms with E-state index < -0.39 is 4.92 Å². The van der Waals surface area contributed by atoms with Gasteiger partial charge in [0.15, 0.2) is 16.6 Å². The summed E-state index contributed by atoms with van der Waals surface area (Å²) < 4.78 is 10.4. The Morgan fingerprint density at radius 3 is 2.68 bits per heavy atom. The number of nitrogens with zero attached hydrogens (tertiary/aromatic N) is 2. The van der Waals surface area contributed by atoms with Gasteiger partial charge in [0.1, 0.15) is 0 Å². The van der Waals surface area contributed by atoms with Gasteiger partial charge in [0.2, 0.25) is 5.91 Å². The molecule has 0 radical (unpaired) electrons. The normalized spacial score (nSPS) is 10.4. The minimum Gasteiger partial charge on any atom is -0.493 e. The number of benzene rings is 2. The SMILES string of the molecule is COc1ccc(CC(=O)Nc2nc(-c3cccc([N+](=O)[O-])c3)cs2)cc1OC. The van der Waals surface area contributed by atoms with Gasteiger partial charge in [-0.1, -0.05) is 18.2 Å². The van der Waals surface area contributed by atoms with Gasteiger partial charge in [-0.05, 0) is 17.7 Å². The summed E-state index contributed by atoms with van der Waals surface area (Å²) in [7, 11) is 3.08. The number of nitro benzene ring substituents is 1. The van der Waals surface area contributed by atoms with E-state index in [-0.39, 0.29) is 18.0 Å². The quantitative estimate of drug-likeness (QED) is 0.477. The van der Waals surface area contributed by atoms with Crippen molar-refractivity contribution in [2.75, 3.05) is 19.5 Å². The summed E-state index contributed by atoms with van der Waals surface area (Å²) in [5.74, 6) is 0.912. The monoisotopic (exact) mass is 399 g/mol. The van der Waals surface area contributed by atoms with Gasteiger partial charge in [-0.2, -0.15) is 0 Å². The molecule has 0 aliphatic rings. The molecule has 1 heterocycles. The maximum atomic E-state index is 12.3. The number of rotatable bonds is 7. The fraction of sp³-hybridized carbons (Fsp3) is 0.158. The number of carbonyl (C=O) groups excluding carboxylic acids is 1. The summed E-state index contributed by atoms with van der Waals surface area (Å²) in [6.07, 6.45) is 0.145. The number of nitrogens with one attached hydrogen (secondary N) is 1. The number of non-ortho nitro benzene ring substituents is 1. The molecular weight excluding hydrogens is 382 g/mol. The van der Waals surface area contributed by atoms with Crippen LogP contribution in [-0.4, -0.2) is 30.0 Å². The number of anilines is 1. The molecule has 0 atom stereocenters. The predicted molar refractivity (Wildman–Crippen MR) is 106 cm³/mol. The van der Waals surface area contributed by atoms with E-state index in [2.05, 4.69) is 10.3 Å². The summed E-state index contributed by atoms with van der Waals surface area (Å²) in [6.45, 7) is 0. The highest BCUT2D eigenvalue weighted by Gasteiger charge is 2.13. The minimum atomic E-state index is -0.457. The molecule has 3 rings (SSSR count). The van der Waals surface area contributed by atoms with Crippen molar-refractivity contribution in [2.45, 2.75) is 6.42 Å². The highest BCUT2D eigenvalue weighted by molar-refractivity contribution is 7.14. The summed E-state index contributed by atoms with van der Waals surface area (Å²) in [4.78, 5) is 27.1. The van der Waals surface area contributed by atoms with E-state index >= 15 is 0 Å². The third-order valence-corrected chi connectivity index (χ3v) is 4.67. The van der Waals surface area contributed by atoms with E-state index in [0.29, 0.717) is 27.9 Å². The summed E-state index contributed by atoms with van der Waals surface area (Å²) in [6, 6.07) is 11.5. The Hall–Kier alpha value is -3.46. The van der Waals surface area contributed by atoms with Crippen LogP contribution in [0.5, 0.6) is 11.5 Å². The van der Waals surface area contributed by atoms with Crippen LogP contribution >= 0.6 is 11.3 Å². The molecule has 0 aliphatic carbocycles. The third-order valence-electron chi connectivity index (χ3n) is 3.92. The molecule has 0 saturated heterocycles.